The van der Waals surface area contributed by atoms with Gasteiger partial charge in [-0.25, -0.2) is 0 Å². The van der Waals surface area contributed by atoms with E-state index in [0.29, 0.717) is 5.32 Å². The van der Waals surface area contributed by atoms with Crippen molar-refractivity contribution in [3.8, 4) is 0 Å². The molecule has 0 aromatic heterocycles. The first-order valence-corrected chi connectivity index (χ1v) is 7.60. The third kappa shape index (κ3) is 3.55. The van der Waals surface area contributed by atoms with Crippen LogP contribution in [0.3, 0.4) is 0 Å². The SMILES string of the molecule is Cc1ccc([Se]CC(=O)c2ccccc2)cc1. The van der Waals surface area contributed by atoms with Gasteiger partial charge in [-0.3, -0.25) is 0 Å². The summed E-state index contributed by atoms with van der Waals surface area (Å²) in [5.41, 5.74) is 2.08. The Morgan fingerprint density at radius 1 is 1.00 bits per heavy atom. The molecule has 0 saturated heterocycles. The second kappa shape index (κ2) is 5.81. The molecule has 2 rings (SSSR count). The van der Waals surface area contributed by atoms with Crippen LogP contribution in [-0.4, -0.2) is 20.7 Å². The predicted octanol–water partition coefficient (Wildman–Crippen LogP) is 2.63. The topological polar surface area (TPSA) is 17.1 Å². The van der Waals surface area contributed by atoms with Crippen LogP contribution in [0, 0.1) is 6.92 Å². The van der Waals surface area contributed by atoms with Crippen molar-refractivity contribution in [3.63, 3.8) is 0 Å². The Bertz CT molecular complexity index is 488. The molecule has 0 aliphatic heterocycles. The summed E-state index contributed by atoms with van der Waals surface area (Å²) in [4.78, 5) is 11.9. The van der Waals surface area contributed by atoms with Crippen molar-refractivity contribution in [2.24, 2.45) is 0 Å². The molecule has 0 radical (unpaired) electrons. The van der Waals surface area contributed by atoms with Gasteiger partial charge in [0.1, 0.15) is 0 Å². The first-order chi connectivity index (χ1) is 8.25. The summed E-state index contributed by atoms with van der Waals surface area (Å²) < 4.78 is 1.28. The Hall–Kier alpha value is -1.37. The molecule has 17 heavy (non-hydrogen) atoms. The normalized spacial score (nSPS) is 10.2. The van der Waals surface area contributed by atoms with Crippen molar-refractivity contribution in [1.29, 1.82) is 0 Å². The van der Waals surface area contributed by atoms with Gasteiger partial charge in [0.25, 0.3) is 0 Å². The Labute approximate surface area is 108 Å². The van der Waals surface area contributed by atoms with Gasteiger partial charge in [-0.2, -0.15) is 0 Å². The van der Waals surface area contributed by atoms with Crippen LogP contribution in [-0.2, 0) is 0 Å². The van der Waals surface area contributed by atoms with Crippen LogP contribution < -0.4 is 4.46 Å². The third-order valence-electron chi connectivity index (χ3n) is 2.49. The van der Waals surface area contributed by atoms with Gasteiger partial charge in [0, 0.05) is 0 Å². The van der Waals surface area contributed by atoms with Crippen LogP contribution in [0.25, 0.3) is 0 Å². The predicted molar refractivity (Wildman–Crippen MR) is 72.1 cm³/mol. The van der Waals surface area contributed by atoms with Crippen molar-refractivity contribution in [2.45, 2.75) is 12.2 Å². The molecule has 0 N–H and O–H groups in total. The van der Waals surface area contributed by atoms with Gasteiger partial charge in [-0.15, -0.1) is 0 Å². The zero-order chi connectivity index (χ0) is 12.1. The van der Waals surface area contributed by atoms with E-state index in [2.05, 4.69) is 31.2 Å². The fourth-order valence-electron chi connectivity index (χ4n) is 1.49. The number of benzene rings is 2. The van der Waals surface area contributed by atoms with Crippen molar-refractivity contribution in [1.82, 2.24) is 0 Å². The summed E-state index contributed by atoms with van der Waals surface area (Å²) in [6.07, 6.45) is 0. The van der Waals surface area contributed by atoms with E-state index in [9.17, 15) is 4.79 Å². The molecule has 0 aliphatic rings. The monoisotopic (exact) mass is 290 g/mol. The molecule has 86 valence electrons. The van der Waals surface area contributed by atoms with Gasteiger partial charge >= 0.3 is 108 Å². The second-order valence-electron chi connectivity index (χ2n) is 3.89. The van der Waals surface area contributed by atoms with E-state index < -0.39 is 0 Å². The summed E-state index contributed by atoms with van der Waals surface area (Å²) in [5, 5.41) is 0.639. The third-order valence-corrected chi connectivity index (χ3v) is 4.61. The molecule has 0 bridgehead atoms. The molecule has 1 nitrogen and oxygen atoms in total. The molecular weight excluding hydrogens is 275 g/mol. The number of rotatable bonds is 4. The van der Waals surface area contributed by atoms with Crippen LogP contribution in [0.5, 0.6) is 0 Å². The number of carbonyl (C=O) groups excluding carboxylic acids is 1. The molecule has 0 amide bonds. The van der Waals surface area contributed by atoms with Gasteiger partial charge in [0.15, 0.2) is 0 Å². The minimum absolute atomic E-state index is 0.237. The van der Waals surface area contributed by atoms with E-state index in [1.165, 1.54) is 10.0 Å². The minimum atomic E-state index is 0.237. The molecule has 0 unspecified atom stereocenters. The molecule has 2 aromatic rings. The summed E-state index contributed by atoms with van der Waals surface area (Å²) in [6.45, 7) is 2.08. The van der Waals surface area contributed by atoms with Crippen molar-refractivity contribution < 1.29 is 4.79 Å². The van der Waals surface area contributed by atoms with E-state index in [-0.39, 0.29) is 20.7 Å². The summed E-state index contributed by atoms with van der Waals surface area (Å²) in [6, 6.07) is 18.0. The zero-order valence-electron chi connectivity index (χ0n) is 9.72. The summed E-state index contributed by atoms with van der Waals surface area (Å²) in [7, 11) is 0. The van der Waals surface area contributed by atoms with Gasteiger partial charge in [0.2, 0.25) is 0 Å². The van der Waals surface area contributed by atoms with Crippen LogP contribution in [0.15, 0.2) is 54.6 Å². The molecule has 0 saturated carbocycles. The van der Waals surface area contributed by atoms with Gasteiger partial charge in [-0.05, 0) is 0 Å². The Morgan fingerprint density at radius 2 is 1.65 bits per heavy atom. The first-order valence-electron chi connectivity index (χ1n) is 5.53. The Kier molecular flexibility index (Phi) is 4.13. The quantitative estimate of drug-likeness (QED) is 0.624. The number of hydrogen-bond acceptors (Lipinski definition) is 1. The Balaban J connectivity index is 1.95. The average Bonchev–Trinajstić information content (AvgIpc) is 2.39. The van der Waals surface area contributed by atoms with E-state index in [4.69, 9.17) is 0 Å². The summed E-state index contributed by atoms with van der Waals surface area (Å²) in [5.74, 6) is 0.242. The van der Waals surface area contributed by atoms with E-state index in [1.807, 2.05) is 30.3 Å². The van der Waals surface area contributed by atoms with E-state index >= 15 is 0 Å². The van der Waals surface area contributed by atoms with Gasteiger partial charge < -0.3 is 0 Å². The molecular formula is C15H14OSe. The fraction of sp³-hybridized carbons (Fsp3) is 0.133. The molecule has 0 atom stereocenters. The van der Waals surface area contributed by atoms with Crippen LogP contribution in [0.4, 0.5) is 0 Å². The number of ketones is 1. The second-order valence-corrected chi connectivity index (χ2v) is 6.09. The van der Waals surface area contributed by atoms with Crippen LogP contribution in [0.2, 0.25) is 5.32 Å². The number of hydrogen-bond donors (Lipinski definition) is 0. The van der Waals surface area contributed by atoms with E-state index in [0.717, 1.165) is 5.56 Å². The number of aryl methyl sites for hydroxylation is 1. The number of carbonyl (C=O) groups is 1. The summed E-state index contributed by atoms with van der Waals surface area (Å²) >= 11 is 0.237. The molecule has 0 spiro atoms. The van der Waals surface area contributed by atoms with Crippen molar-refractivity contribution in [2.75, 3.05) is 0 Å². The van der Waals surface area contributed by atoms with Gasteiger partial charge in [0.05, 0.1) is 0 Å². The fourth-order valence-corrected chi connectivity index (χ4v) is 3.15. The van der Waals surface area contributed by atoms with Crippen LogP contribution >= 0.6 is 0 Å². The van der Waals surface area contributed by atoms with Gasteiger partial charge in [-0.1, -0.05) is 0 Å². The molecule has 0 aliphatic carbocycles. The number of Topliss-reactive ketones (excluding diaryl/α,β-unsaturated/α-hetero) is 1. The van der Waals surface area contributed by atoms with Crippen molar-refractivity contribution >= 4 is 25.2 Å². The molecule has 0 heterocycles. The molecule has 0 fully saturated rings. The maximum absolute atomic E-state index is 11.9. The molecule has 2 aromatic carbocycles. The van der Waals surface area contributed by atoms with Crippen LogP contribution in [0.1, 0.15) is 15.9 Å². The maximum atomic E-state index is 11.9. The van der Waals surface area contributed by atoms with Crippen molar-refractivity contribution in [3.05, 3.63) is 65.7 Å². The standard InChI is InChI=1S/C15H14OSe/c1-12-7-9-14(10-8-12)17-11-15(16)13-5-3-2-4-6-13/h2-10H,11H2,1H3. The zero-order valence-corrected chi connectivity index (χ0v) is 11.4. The molecule has 2 heteroatoms. The first kappa shape index (κ1) is 12.1. The Morgan fingerprint density at radius 3 is 2.29 bits per heavy atom. The average molecular weight is 289 g/mol. The van der Waals surface area contributed by atoms with E-state index in [1.54, 1.807) is 0 Å².